The topological polar surface area (TPSA) is 70.8 Å². The van der Waals surface area contributed by atoms with Crippen LogP contribution < -0.4 is 5.32 Å². The van der Waals surface area contributed by atoms with Gasteiger partial charge in [-0.3, -0.25) is 10.1 Å². The normalized spacial score (nSPS) is 10.6. The van der Waals surface area contributed by atoms with Crippen molar-refractivity contribution >= 4 is 35.6 Å². The molecule has 0 saturated carbocycles. The lowest BCUT2D eigenvalue weighted by Gasteiger charge is -2.21. The van der Waals surface area contributed by atoms with Crippen molar-refractivity contribution in [1.29, 1.82) is 0 Å². The Kier molecular flexibility index (Phi) is 11.0. The number of nitro groups is 1. The lowest BCUT2D eigenvalue weighted by atomic mass is 10.2. The Morgan fingerprint density at radius 3 is 2.87 bits per heavy atom. The fraction of sp³-hybridized carbons (Fsp3) is 0.438. The van der Waals surface area contributed by atoms with Gasteiger partial charge in [0, 0.05) is 32.3 Å². The van der Waals surface area contributed by atoms with Gasteiger partial charge in [0.2, 0.25) is 0 Å². The van der Waals surface area contributed by atoms with Crippen molar-refractivity contribution in [2.24, 2.45) is 4.99 Å². The molecule has 0 saturated heterocycles. The summed E-state index contributed by atoms with van der Waals surface area (Å²) in [7, 11) is 1.98. The Bertz CT molecular complexity index is 535. The van der Waals surface area contributed by atoms with Gasteiger partial charge in [-0.2, -0.15) is 0 Å². The smallest absolute Gasteiger partial charge is 0.269 e. The summed E-state index contributed by atoms with van der Waals surface area (Å²) >= 11 is 0. The molecule has 23 heavy (non-hydrogen) atoms. The van der Waals surface area contributed by atoms with Crippen molar-refractivity contribution in [1.82, 2.24) is 10.2 Å². The second-order valence-electron chi connectivity index (χ2n) is 4.95. The van der Waals surface area contributed by atoms with Crippen molar-refractivity contribution in [3.8, 4) is 0 Å². The summed E-state index contributed by atoms with van der Waals surface area (Å²) in [6.07, 6.45) is 3.89. The Hall–Kier alpha value is -1.64. The minimum atomic E-state index is -0.389. The van der Waals surface area contributed by atoms with Crippen LogP contribution in [0.3, 0.4) is 0 Å². The first-order chi connectivity index (χ1) is 10.6. The van der Waals surface area contributed by atoms with Crippen LogP contribution >= 0.6 is 24.0 Å². The molecule has 0 fully saturated rings. The largest absolute Gasteiger partial charge is 0.357 e. The monoisotopic (exact) mass is 432 g/mol. The summed E-state index contributed by atoms with van der Waals surface area (Å²) in [5.74, 6) is 0.804. The first-order valence-electron chi connectivity index (χ1n) is 7.42. The van der Waals surface area contributed by atoms with E-state index in [1.165, 1.54) is 6.07 Å². The van der Waals surface area contributed by atoms with Gasteiger partial charge in [-0.05, 0) is 25.3 Å². The molecular formula is C16H25IN4O2. The van der Waals surface area contributed by atoms with Gasteiger partial charge in [0.15, 0.2) is 5.96 Å². The van der Waals surface area contributed by atoms with Crippen molar-refractivity contribution in [2.45, 2.75) is 26.3 Å². The number of unbranched alkanes of at least 4 members (excludes halogenated alkanes) is 1. The number of hydrogen-bond acceptors (Lipinski definition) is 3. The summed E-state index contributed by atoms with van der Waals surface area (Å²) in [5, 5.41) is 14.0. The zero-order chi connectivity index (χ0) is 16.4. The minimum Gasteiger partial charge on any atom is -0.357 e. The number of hydrogen-bond donors (Lipinski definition) is 1. The second kappa shape index (κ2) is 11.9. The standard InChI is InChI=1S/C16H24N4O2.HI/c1-4-6-7-11-19(3)16(17-5-2)18-13-14-9-8-10-15(12-14)20(21)22;/h4,8-10,12H,1,5-7,11,13H2,2-3H3,(H,17,18);1H. The van der Waals surface area contributed by atoms with Crippen LogP contribution in [0.2, 0.25) is 0 Å². The van der Waals surface area contributed by atoms with Crippen LogP contribution in [0.1, 0.15) is 25.3 Å². The van der Waals surface area contributed by atoms with Crippen LogP contribution in [-0.4, -0.2) is 35.9 Å². The molecule has 0 heterocycles. The van der Waals surface area contributed by atoms with Crippen molar-refractivity contribution in [3.63, 3.8) is 0 Å². The predicted molar refractivity (Wildman–Crippen MR) is 105 cm³/mol. The minimum absolute atomic E-state index is 0. The van der Waals surface area contributed by atoms with E-state index in [9.17, 15) is 10.1 Å². The Labute approximate surface area is 154 Å². The molecule has 128 valence electrons. The van der Waals surface area contributed by atoms with Gasteiger partial charge in [-0.25, -0.2) is 4.99 Å². The fourth-order valence-electron chi connectivity index (χ4n) is 1.98. The summed E-state index contributed by atoms with van der Waals surface area (Å²) in [5.41, 5.74) is 0.918. The Balaban J connectivity index is 0.00000484. The fourth-order valence-corrected chi connectivity index (χ4v) is 1.98. The molecular weight excluding hydrogens is 407 g/mol. The SMILES string of the molecule is C=CCCCN(C)C(=NCc1cccc([N+](=O)[O-])c1)NCC.I. The second-order valence-corrected chi connectivity index (χ2v) is 4.95. The van der Waals surface area contributed by atoms with Gasteiger partial charge in [-0.15, -0.1) is 30.6 Å². The molecule has 6 nitrogen and oxygen atoms in total. The van der Waals surface area contributed by atoms with Gasteiger partial charge in [0.05, 0.1) is 11.5 Å². The third-order valence-electron chi connectivity index (χ3n) is 3.13. The maximum absolute atomic E-state index is 10.8. The number of rotatable bonds is 8. The van der Waals surface area contributed by atoms with Crippen LogP contribution in [0.5, 0.6) is 0 Å². The maximum Gasteiger partial charge on any atom is 0.269 e. The molecule has 1 N–H and O–H groups in total. The number of nitrogens with zero attached hydrogens (tertiary/aromatic N) is 3. The Morgan fingerprint density at radius 2 is 2.26 bits per heavy atom. The molecule has 0 amide bonds. The Morgan fingerprint density at radius 1 is 1.52 bits per heavy atom. The van der Waals surface area contributed by atoms with Gasteiger partial charge >= 0.3 is 0 Å². The van der Waals surface area contributed by atoms with Crippen LogP contribution in [0.4, 0.5) is 5.69 Å². The molecule has 1 rings (SSSR count). The average molecular weight is 432 g/mol. The number of non-ortho nitro benzene ring substituents is 1. The summed E-state index contributed by atoms with van der Waals surface area (Å²) < 4.78 is 0. The lowest BCUT2D eigenvalue weighted by Crippen LogP contribution is -2.39. The molecule has 0 aliphatic carbocycles. The third-order valence-corrected chi connectivity index (χ3v) is 3.13. The van der Waals surface area contributed by atoms with Crippen molar-refractivity contribution < 1.29 is 4.92 Å². The summed E-state index contributed by atoms with van der Waals surface area (Å²) in [4.78, 5) is 17.0. The number of nitro benzene ring substituents is 1. The van der Waals surface area contributed by atoms with Crippen LogP contribution in [0.15, 0.2) is 41.9 Å². The number of aliphatic imine (C=N–C) groups is 1. The molecule has 0 atom stereocenters. The van der Waals surface area contributed by atoms with Crippen LogP contribution in [-0.2, 0) is 6.54 Å². The van der Waals surface area contributed by atoms with Crippen molar-refractivity contribution in [2.75, 3.05) is 20.1 Å². The molecule has 1 aromatic carbocycles. The van der Waals surface area contributed by atoms with E-state index < -0.39 is 0 Å². The highest BCUT2D eigenvalue weighted by atomic mass is 127. The molecule has 0 aliphatic heterocycles. The number of guanidine groups is 1. The van der Waals surface area contributed by atoms with Crippen LogP contribution in [0, 0.1) is 10.1 Å². The highest BCUT2D eigenvalue weighted by Gasteiger charge is 2.07. The van der Waals surface area contributed by atoms with E-state index in [0.717, 1.165) is 37.5 Å². The number of benzene rings is 1. The van der Waals surface area contributed by atoms with Crippen LogP contribution in [0.25, 0.3) is 0 Å². The molecule has 0 spiro atoms. The number of nitrogens with one attached hydrogen (secondary N) is 1. The lowest BCUT2D eigenvalue weighted by molar-refractivity contribution is -0.384. The van der Waals surface area contributed by atoms with Gasteiger partial charge in [0.25, 0.3) is 5.69 Å². The maximum atomic E-state index is 10.8. The van der Waals surface area contributed by atoms with E-state index in [4.69, 9.17) is 0 Å². The van der Waals surface area contributed by atoms with Crippen molar-refractivity contribution in [3.05, 3.63) is 52.6 Å². The third kappa shape index (κ3) is 7.96. The zero-order valence-electron chi connectivity index (χ0n) is 13.7. The van der Waals surface area contributed by atoms with E-state index in [1.54, 1.807) is 12.1 Å². The molecule has 0 bridgehead atoms. The van der Waals surface area contributed by atoms with Gasteiger partial charge in [0.1, 0.15) is 0 Å². The molecule has 0 aliphatic rings. The molecule has 1 aromatic rings. The van der Waals surface area contributed by atoms with Gasteiger partial charge < -0.3 is 10.2 Å². The summed E-state index contributed by atoms with van der Waals surface area (Å²) in [6, 6.07) is 6.58. The molecule has 0 radical (unpaired) electrons. The predicted octanol–water partition coefficient (Wildman–Crippen LogP) is 3.58. The summed E-state index contributed by atoms with van der Waals surface area (Å²) in [6.45, 7) is 7.80. The molecule has 0 unspecified atom stereocenters. The van der Waals surface area contributed by atoms with Gasteiger partial charge in [-0.1, -0.05) is 18.2 Å². The molecule has 0 aromatic heterocycles. The highest BCUT2D eigenvalue weighted by molar-refractivity contribution is 14.0. The quantitative estimate of drug-likeness (QED) is 0.130. The highest BCUT2D eigenvalue weighted by Crippen LogP contribution is 2.13. The average Bonchev–Trinajstić information content (AvgIpc) is 2.51. The first kappa shape index (κ1) is 21.4. The van der Waals surface area contributed by atoms with E-state index in [-0.39, 0.29) is 34.6 Å². The van der Waals surface area contributed by atoms with E-state index in [1.807, 2.05) is 26.1 Å². The van der Waals surface area contributed by atoms with E-state index in [0.29, 0.717) is 6.54 Å². The van der Waals surface area contributed by atoms with E-state index in [2.05, 4.69) is 21.8 Å². The number of allylic oxidation sites excluding steroid dienone is 1. The molecule has 7 heteroatoms. The van der Waals surface area contributed by atoms with E-state index >= 15 is 0 Å². The zero-order valence-corrected chi connectivity index (χ0v) is 16.0. The number of halogens is 1. The first-order valence-corrected chi connectivity index (χ1v) is 7.42.